The first kappa shape index (κ1) is 13.9. The van der Waals surface area contributed by atoms with Crippen LogP contribution in [-0.4, -0.2) is 28.5 Å². The SMILES string of the molecule is CC1CCCCCN1Cc1ccccc1C(N)=NO. The number of likely N-dealkylation sites (tertiary alicyclic amines) is 1. The number of oxime groups is 1. The van der Waals surface area contributed by atoms with E-state index in [1.54, 1.807) is 0 Å². The van der Waals surface area contributed by atoms with Gasteiger partial charge in [0.15, 0.2) is 5.84 Å². The molecule has 1 aliphatic heterocycles. The van der Waals surface area contributed by atoms with Crippen molar-refractivity contribution in [1.82, 2.24) is 4.90 Å². The predicted octanol–water partition coefficient (Wildman–Crippen LogP) is 2.55. The minimum atomic E-state index is 0.193. The van der Waals surface area contributed by atoms with E-state index in [1.165, 1.54) is 25.7 Å². The summed E-state index contributed by atoms with van der Waals surface area (Å²) in [5, 5.41) is 12.0. The molecule has 1 aromatic rings. The molecule has 4 nitrogen and oxygen atoms in total. The van der Waals surface area contributed by atoms with E-state index in [2.05, 4.69) is 23.0 Å². The molecule has 0 aromatic heterocycles. The fourth-order valence-corrected chi connectivity index (χ4v) is 2.75. The van der Waals surface area contributed by atoms with Gasteiger partial charge in [0.1, 0.15) is 0 Å². The van der Waals surface area contributed by atoms with Crippen LogP contribution in [0.2, 0.25) is 0 Å². The van der Waals surface area contributed by atoms with E-state index in [1.807, 2.05) is 18.2 Å². The van der Waals surface area contributed by atoms with Crippen LogP contribution >= 0.6 is 0 Å². The molecular formula is C15H23N3O. The summed E-state index contributed by atoms with van der Waals surface area (Å²) in [7, 11) is 0. The smallest absolute Gasteiger partial charge is 0.170 e. The van der Waals surface area contributed by atoms with Gasteiger partial charge in [0.05, 0.1) is 0 Å². The zero-order chi connectivity index (χ0) is 13.7. The molecule has 0 amide bonds. The van der Waals surface area contributed by atoms with Gasteiger partial charge in [-0.2, -0.15) is 0 Å². The molecular weight excluding hydrogens is 238 g/mol. The van der Waals surface area contributed by atoms with Crippen LogP contribution in [0.1, 0.15) is 43.7 Å². The fourth-order valence-electron chi connectivity index (χ4n) is 2.75. The number of hydrogen-bond donors (Lipinski definition) is 2. The molecule has 1 heterocycles. The third-order valence-corrected chi connectivity index (χ3v) is 3.97. The number of nitrogens with zero attached hydrogens (tertiary/aromatic N) is 2. The van der Waals surface area contributed by atoms with Gasteiger partial charge in [-0.3, -0.25) is 4.90 Å². The summed E-state index contributed by atoms with van der Waals surface area (Å²) in [6.45, 7) is 4.29. The molecule has 0 aliphatic carbocycles. The van der Waals surface area contributed by atoms with E-state index in [4.69, 9.17) is 10.9 Å². The van der Waals surface area contributed by atoms with Crippen LogP contribution in [-0.2, 0) is 6.54 Å². The number of benzene rings is 1. The summed E-state index contributed by atoms with van der Waals surface area (Å²) in [6, 6.07) is 8.50. The van der Waals surface area contributed by atoms with Gasteiger partial charge >= 0.3 is 0 Å². The highest BCUT2D eigenvalue weighted by atomic mass is 16.4. The Hall–Kier alpha value is -1.55. The molecule has 0 spiro atoms. The summed E-state index contributed by atoms with van der Waals surface area (Å²) in [4.78, 5) is 2.50. The van der Waals surface area contributed by atoms with E-state index in [9.17, 15) is 0 Å². The third kappa shape index (κ3) is 3.47. The van der Waals surface area contributed by atoms with E-state index in [-0.39, 0.29) is 5.84 Å². The molecule has 3 N–H and O–H groups in total. The summed E-state index contributed by atoms with van der Waals surface area (Å²) >= 11 is 0. The van der Waals surface area contributed by atoms with Crippen molar-refractivity contribution in [2.24, 2.45) is 10.9 Å². The largest absolute Gasteiger partial charge is 0.409 e. The van der Waals surface area contributed by atoms with E-state index in [0.717, 1.165) is 24.2 Å². The highest BCUT2D eigenvalue weighted by Gasteiger charge is 2.18. The van der Waals surface area contributed by atoms with Crippen LogP contribution in [0.25, 0.3) is 0 Å². The van der Waals surface area contributed by atoms with Crippen LogP contribution in [0, 0.1) is 0 Å². The van der Waals surface area contributed by atoms with Crippen molar-refractivity contribution in [2.45, 2.75) is 45.2 Å². The average molecular weight is 261 g/mol. The molecule has 104 valence electrons. The van der Waals surface area contributed by atoms with E-state index in [0.29, 0.717) is 6.04 Å². The number of nitrogens with two attached hydrogens (primary N) is 1. The molecule has 1 fully saturated rings. The van der Waals surface area contributed by atoms with Gasteiger partial charge in [0.2, 0.25) is 0 Å². The maximum atomic E-state index is 8.86. The van der Waals surface area contributed by atoms with Gasteiger partial charge in [-0.05, 0) is 31.9 Å². The lowest BCUT2D eigenvalue weighted by Crippen LogP contribution is -2.32. The molecule has 1 saturated heterocycles. The Morgan fingerprint density at radius 1 is 1.37 bits per heavy atom. The van der Waals surface area contributed by atoms with Crippen molar-refractivity contribution in [3.8, 4) is 0 Å². The lowest BCUT2D eigenvalue weighted by molar-refractivity contribution is 0.205. The Balaban J connectivity index is 2.18. The Bertz CT molecular complexity index is 445. The van der Waals surface area contributed by atoms with Crippen molar-refractivity contribution < 1.29 is 5.21 Å². The standard InChI is InChI=1S/C15H23N3O/c1-12-7-3-2-6-10-18(12)11-13-8-4-5-9-14(13)15(16)17-19/h4-5,8-9,12,19H,2-3,6-7,10-11H2,1H3,(H2,16,17). The minimum absolute atomic E-state index is 0.193. The van der Waals surface area contributed by atoms with E-state index >= 15 is 0 Å². The summed E-state index contributed by atoms with van der Waals surface area (Å²) in [5.74, 6) is 0.193. The molecule has 1 unspecified atom stereocenters. The van der Waals surface area contributed by atoms with Gasteiger partial charge in [0, 0.05) is 18.2 Å². The van der Waals surface area contributed by atoms with Gasteiger partial charge in [-0.25, -0.2) is 0 Å². The van der Waals surface area contributed by atoms with Crippen molar-refractivity contribution in [3.63, 3.8) is 0 Å². The lowest BCUT2D eigenvalue weighted by atomic mass is 10.0. The van der Waals surface area contributed by atoms with Gasteiger partial charge in [0.25, 0.3) is 0 Å². The second-order valence-corrected chi connectivity index (χ2v) is 5.31. The van der Waals surface area contributed by atoms with Gasteiger partial charge in [-0.15, -0.1) is 0 Å². The van der Waals surface area contributed by atoms with Gasteiger partial charge < -0.3 is 10.9 Å². The Kier molecular flexibility index (Phi) is 4.80. The quantitative estimate of drug-likeness (QED) is 0.380. The monoisotopic (exact) mass is 261 g/mol. The first-order chi connectivity index (χ1) is 9.22. The van der Waals surface area contributed by atoms with Gasteiger partial charge in [-0.1, -0.05) is 42.3 Å². The van der Waals surface area contributed by atoms with Crippen molar-refractivity contribution >= 4 is 5.84 Å². The first-order valence-electron chi connectivity index (χ1n) is 7.02. The van der Waals surface area contributed by atoms with Crippen molar-refractivity contribution in [3.05, 3.63) is 35.4 Å². The Morgan fingerprint density at radius 2 is 2.16 bits per heavy atom. The summed E-state index contributed by atoms with van der Waals surface area (Å²) in [6.07, 6.45) is 5.16. The number of hydrogen-bond acceptors (Lipinski definition) is 3. The fraction of sp³-hybridized carbons (Fsp3) is 0.533. The highest BCUT2D eigenvalue weighted by molar-refractivity contribution is 5.98. The average Bonchev–Trinajstić information content (AvgIpc) is 2.64. The summed E-state index contributed by atoms with van der Waals surface area (Å²) in [5.41, 5.74) is 7.71. The molecule has 0 saturated carbocycles. The molecule has 0 radical (unpaired) electrons. The zero-order valence-corrected chi connectivity index (χ0v) is 11.5. The molecule has 1 aliphatic rings. The Labute approximate surface area is 114 Å². The third-order valence-electron chi connectivity index (χ3n) is 3.97. The summed E-state index contributed by atoms with van der Waals surface area (Å²) < 4.78 is 0. The Morgan fingerprint density at radius 3 is 2.95 bits per heavy atom. The maximum absolute atomic E-state index is 8.86. The molecule has 19 heavy (non-hydrogen) atoms. The number of rotatable bonds is 3. The topological polar surface area (TPSA) is 61.8 Å². The normalized spacial score (nSPS) is 22.2. The highest BCUT2D eigenvalue weighted by Crippen LogP contribution is 2.20. The van der Waals surface area contributed by atoms with Crippen LogP contribution < -0.4 is 5.73 Å². The first-order valence-corrected chi connectivity index (χ1v) is 7.02. The van der Waals surface area contributed by atoms with E-state index < -0.39 is 0 Å². The maximum Gasteiger partial charge on any atom is 0.170 e. The predicted molar refractivity (Wildman–Crippen MR) is 77.3 cm³/mol. The number of amidine groups is 1. The van der Waals surface area contributed by atoms with Crippen LogP contribution in [0.4, 0.5) is 0 Å². The molecule has 2 rings (SSSR count). The molecule has 1 aromatic carbocycles. The van der Waals surface area contributed by atoms with Crippen LogP contribution in [0.15, 0.2) is 29.4 Å². The second kappa shape index (κ2) is 6.57. The second-order valence-electron chi connectivity index (χ2n) is 5.31. The van der Waals surface area contributed by atoms with Crippen molar-refractivity contribution in [2.75, 3.05) is 6.54 Å². The molecule has 0 bridgehead atoms. The van der Waals surface area contributed by atoms with Crippen LogP contribution in [0.3, 0.4) is 0 Å². The molecule has 4 heteroatoms. The minimum Gasteiger partial charge on any atom is -0.409 e. The zero-order valence-electron chi connectivity index (χ0n) is 11.5. The van der Waals surface area contributed by atoms with Crippen molar-refractivity contribution in [1.29, 1.82) is 0 Å². The lowest BCUT2D eigenvalue weighted by Gasteiger charge is -2.27. The molecule has 1 atom stereocenters. The van der Waals surface area contributed by atoms with Crippen LogP contribution in [0.5, 0.6) is 0 Å².